The highest BCUT2D eigenvalue weighted by Gasteiger charge is 2.50. The third-order valence-corrected chi connectivity index (χ3v) is 4.71. The van der Waals surface area contributed by atoms with Crippen LogP contribution in [0.15, 0.2) is 23.8 Å². The summed E-state index contributed by atoms with van der Waals surface area (Å²) < 4.78 is 10.3. The Hall–Kier alpha value is -1.85. The van der Waals surface area contributed by atoms with Crippen LogP contribution in [-0.2, 0) is 24.5 Å². The zero-order valence-electron chi connectivity index (χ0n) is 12.7. The fourth-order valence-electron chi connectivity index (χ4n) is 3.33. The third kappa shape index (κ3) is 2.44. The number of carbonyl (C=O) groups excluding carboxylic acids is 2. The molecular formula is C17H17ClO5. The van der Waals surface area contributed by atoms with Gasteiger partial charge in [0, 0.05) is 23.8 Å². The summed E-state index contributed by atoms with van der Waals surface area (Å²) in [4.78, 5) is 25.3. The Morgan fingerprint density at radius 2 is 2.09 bits per heavy atom. The van der Waals surface area contributed by atoms with E-state index < -0.39 is 17.2 Å². The van der Waals surface area contributed by atoms with Crippen LogP contribution in [0.1, 0.15) is 30.9 Å². The first-order chi connectivity index (χ1) is 11.0. The number of ether oxygens (including phenoxy) is 2. The summed E-state index contributed by atoms with van der Waals surface area (Å²) in [6.45, 7) is 2.61. The number of aliphatic hydroxyl groups excluding tert-OH is 1. The third-order valence-electron chi connectivity index (χ3n) is 4.48. The van der Waals surface area contributed by atoms with Crippen LogP contribution in [0.3, 0.4) is 0 Å². The van der Waals surface area contributed by atoms with Crippen molar-refractivity contribution in [1.82, 2.24) is 0 Å². The van der Waals surface area contributed by atoms with E-state index in [1.165, 1.54) is 0 Å². The lowest BCUT2D eigenvalue weighted by molar-refractivity contribution is -0.141. The highest BCUT2D eigenvalue weighted by molar-refractivity contribution is 6.31. The standard InChI is InChI=1S/C17H17ClO5/c1-2-23-16(21)13-14(19)11-4-3-10(18)9-12(11)17(15(13)20)5-7-22-8-6-17/h3-4,9,19H,2,5-8H2,1H3. The molecule has 1 spiro atoms. The number of esters is 1. The highest BCUT2D eigenvalue weighted by atomic mass is 35.5. The van der Waals surface area contributed by atoms with E-state index in [0.717, 1.165) is 0 Å². The van der Waals surface area contributed by atoms with Crippen molar-refractivity contribution in [3.63, 3.8) is 0 Å². The molecule has 0 amide bonds. The first kappa shape index (κ1) is 16.0. The molecule has 1 aromatic rings. The molecule has 122 valence electrons. The van der Waals surface area contributed by atoms with Crippen molar-refractivity contribution in [1.29, 1.82) is 0 Å². The number of rotatable bonds is 2. The van der Waals surface area contributed by atoms with Gasteiger partial charge >= 0.3 is 5.97 Å². The molecule has 0 radical (unpaired) electrons. The minimum Gasteiger partial charge on any atom is -0.506 e. The average molecular weight is 337 g/mol. The van der Waals surface area contributed by atoms with Gasteiger partial charge in [0.25, 0.3) is 0 Å². The maximum Gasteiger partial charge on any atom is 0.345 e. The minimum absolute atomic E-state index is 0.131. The Morgan fingerprint density at radius 3 is 2.74 bits per heavy atom. The second kappa shape index (κ2) is 5.98. The molecule has 3 rings (SSSR count). The molecule has 0 unspecified atom stereocenters. The normalized spacial score (nSPS) is 19.7. The fraction of sp³-hybridized carbons (Fsp3) is 0.412. The summed E-state index contributed by atoms with van der Waals surface area (Å²) in [5, 5.41) is 11.0. The van der Waals surface area contributed by atoms with E-state index in [2.05, 4.69) is 0 Å². The molecule has 0 bridgehead atoms. The lowest BCUT2D eigenvalue weighted by Gasteiger charge is -2.40. The van der Waals surface area contributed by atoms with Crippen molar-refractivity contribution >= 4 is 29.1 Å². The van der Waals surface area contributed by atoms with Crippen LogP contribution < -0.4 is 0 Å². The van der Waals surface area contributed by atoms with Gasteiger partial charge in [0.05, 0.1) is 12.0 Å². The van der Waals surface area contributed by atoms with Crippen LogP contribution >= 0.6 is 11.6 Å². The molecule has 5 nitrogen and oxygen atoms in total. The summed E-state index contributed by atoms with van der Waals surface area (Å²) >= 11 is 6.09. The number of hydrogen-bond donors (Lipinski definition) is 1. The largest absolute Gasteiger partial charge is 0.506 e. The quantitative estimate of drug-likeness (QED) is 0.664. The van der Waals surface area contributed by atoms with E-state index >= 15 is 0 Å². The van der Waals surface area contributed by atoms with Gasteiger partial charge in [-0.1, -0.05) is 11.6 Å². The molecule has 2 aliphatic rings. The predicted molar refractivity (Wildman–Crippen MR) is 84.4 cm³/mol. The zero-order chi connectivity index (χ0) is 16.6. The highest BCUT2D eigenvalue weighted by Crippen LogP contribution is 2.46. The van der Waals surface area contributed by atoms with Gasteiger partial charge in [-0.25, -0.2) is 4.79 Å². The monoisotopic (exact) mass is 336 g/mol. The van der Waals surface area contributed by atoms with Crippen molar-refractivity contribution in [2.24, 2.45) is 0 Å². The van der Waals surface area contributed by atoms with Crippen molar-refractivity contribution in [2.75, 3.05) is 19.8 Å². The van der Waals surface area contributed by atoms with Crippen molar-refractivity contribution in [2.45, 2.75) is 25.2 Å². The van der Waals surface area contributed by atoms with Gasteiger partial charge in [0.2, 0.25) is 0 Å². The average Bonchev–Trinajstić information content (AvgIpc) is 2.54. The molecule has 1 aliphatic carbocycles. The van der Waals surface area contributed by atoms with Gasteiger partial charge in [-0.05, 0) is 43.5 Å². The molecule has 1 fully saturated rings. The van der Waals surface area contributed by atoms with Gasteiger partial charge in [0.15, 0.2) is 5.78 Å². The van der Waals surface area contributed by atoms with Crippen molar-refractivity contribution in [3.05, 3.63) is 39.9 Å². The molecule has 1 saturated heterocycles. The van der Waals surface area contributed by atoms with Crippen molar-refractivity contribution in [3.8, 4) is 0 Å². The Labute approximate surface area is 138 Å². The summed E-state index contributed by atoms with van der Waals surface area (Å²) in [7, 11) is 0. The fourth-order valence-corrected chi connectivity index (χ4v) is 3.50. The van der Waals surface area contributed by atoms with E-state index in [-0.39, 0.29) is 17.9 Å². The molecule has 1 aromatic carbocycles. The molecule has 0 aromatic heterocycles. The molecule has 0 atom stereocenters. The lowest BCUT2D eigenvalue weighted by Crippen LogP contribution is -2.46. The number of halogens is 1. The van der Waals surface area contributed by atoms with Crippen molar-refractivity contribution < 1.29 is 24.2 Å². The van der Waals surface area contributed by atoms with Gasteiger partial charge in [-0.15, -0.1) is 0 Å². The van der Waals surface area contributed by atoms with Crippen LogP contribution in [0.4, 0.5) is 0 Å². The Morgan fingerprint density at radius 1 is 1.39 bits per heavy atom. The van der Waals surface area contributed by atoms with Gasteiger partial charge in [0.1, 0.15) is 11.3 Å². The number of aliphatic hydroxyl groups is 1. The Balaban J connectivity index is 2.23. The predicted octanol–water partition coefficient (Wildman–Crippen LogP) is 2.80. The maximum atomic E-state index is 13.1. The summed E-state index contributed by atoms with van der Waals surface area (Å²) in [6, 6.07) is 4.95. The number of ketones is 1. The van der Waals surface area contributed by atoms with Crippen LogP contribution in [-0.4, -0.2) is 36.7 Å². The SMILES string of the molecule is CCOC(=O)C1=C(O)c2ccc(Cl)cc2C2(CCOCC2)C1=O. The molecule has 1 heterocycles. The topological polar surface area (TPSA) is 72.8 Å². The molecule has 1 N–H and O–H groups in total. The molecule has 0 saturated carbocycles. The second-order valence-corrected chi connectivity index (χ2v) is 6.09. The second-order valence-electron chi connectivity index (χ2n) is 5.66. The number of fused-ring (bicyclic) bond motifs is 2. The Kier molecular flexibility index (Phi) is 4.17. The molecule has 1 aliphatic heterocycles. The van der Waals surface area contributed by atoms with Crippen LogP contribution in [0.5, 0.6) is 0 Å². The smallest absolute Gasteiger partial charge is 0.345 e. The van der Waals surface area contributed by atoms with Gasteiger partial charge < -0.3 is 14.6 Å². The van der Waals surface area contributed by atoms with E-state index in [9.17, 15) is 14.7 Å². The molecule has 23 heavy (non-hydrogen) atoms. The summed E-state index contributed by atoms with van der Waals surface area (Å²) in [5.74, 6) is -1.54. The minimum atomic E-state index is -0.896. The first-order valence-corrected chi connectivity index (χ1v) is 7.92. The summed E-state index contributed by atoms with van der Waals surface area (Å²) in [5.41, 5.74) is -0.0568. The maximum absolute atomic E-state index is 13.1. The number of hydrogen-bond acceptors (Lipinski definition) is 5. The first-order valence-electron chi connectivity index (χ1n) is 7.54. The van der Waals surface area contributed by atoms with Crippen LogP contribution in [0.25, 0.3) is 5.76 Å². The van der Waals surface area contributed by atoms with E-state index in [4.69, 9.17) is 21.1 Å². The summed E-state index contributed by atoms with van der Waals surface area (Å²) in [6.07, 6.45) is 0.880. The number of Topliss-reactive ketones (excluding diaryl/α,β-unsaturated/α-hetero) is 1. The zero-order valence-corrected chi connectivity index (χ0v) is 13.5. The molecule has 6 heteroatoms. The van der Waals surface area contributed by atoms with Crippen LogP contribution in [0, 0.1) is 0 Å². The number of carbonyl (C=O) groups is 2. The van der Waals surface area contributed by atoms with E-state index in [1.807, 2.05) is 0 Å². The lowest BCUT2D eigenvalue weighted by atomic mass is 9.64. The van der Waals surface area contributed by atoms with Gasteiger partial charge in [-0.3, -0.25) is 4.79 Å². The van der Waals surface area contributed by atoms with Gasteiger partial charge in [-0.2, -0.15) is 0 Å². The van der Waals surface area contributed by atoms with E-state index in [1.54, 1.807) is 25.1 Å². The number of benzene rings is 1. The van der Waals surface area contributed by atoms with Crippen LogP contribution in [0.2, 0.25) is 5.02 Å². The van der Waals surface area contributed by atoms with E-state index in [0.29, 0.717) is 42.2 Å². The Bertz CT molecular complexity index is 701. The molecular weight excluding hydrogens is 320 g/mol.